The van der Waals surface area contributed by atoms with Crippen molar-refractivity contribution in [2.24, 2.45) is 0 Å². The van der Waals surface area contributed by atoms with Crippen LogP contribution < -0.4 is 4.90 Å². The number of amides is 1. The van der Waals surface area contributed by atoms with Gasteiger partial charge in [0.25, 0.3) is 0 Å². The standard InChI is InChI=1S/C27H20N4O/c28-14-20-11-10-19(16-29-20)25-21-7-2-1-6-18(21)15-30-23(25)17-31-24-9-4-3-8-22(24)27(26(31)32)12-5-13-27/h1-4,6-11,15-16H,5,12-13,17H2. The van der Waals surface area contributed by atoms with Gasteiger partial charge in [0.15, 0.2) is 0 Å². The van der Waals surface area contributed by atoms with E-state index in [1.54, 1.807) is 12.3 Å². The van der Waals surface area contributed by atoms with Gasteiger partial charge in [0.05, 0.1) is 17.7 Å². The molecule has 1 saturated carbocycles. The molecular formula is C27H20N4O. The summed E-state index contributed by atoms with van der Waals surface area (Å²) in [6.07, 6.45) is 6.51. The van der Waals surface area contributed by atoms with Crippen LogP contribution in [0.15, 0.2) is 73.1 Å². The summed E-state index contributed by atoms with van der Waals surface area (Å²) in [5, 5.41) is 11.2. The lowest BCUT2D eigenvalue weighted by atomic mass is 9.65. The first-order valence-corrected chi connectivity index (χ1v) is 10.9. The topological polar surface area (TPSA) is 69.9 Å². The summed E-state index contributed by atoms with van der Waals surface area (Å²) in [5.41, 5.74) is 4.84. The average molecular weight is 416 g/mol. The number of nitrogens with zero attached hydrogens (tertiary/aromatic N) is 4. The smallest absolute Gasteiger partial charge is 0.238 e. The summed E-state index contributed by atoms with van der Waals surface area (Å²) in [6.45, 7) is 0.401. The third-order valence-corrected chi connectivity index (χ3v) is 6.92. The zero-order valence-corrected chi connectivity index (χ0v) is 17.5. The number of nitriles is 1. The van der Waals surface area contributed by atoms with E-state index in [0.29, 0.717) is 12.2 Å². The third kappa shape index (κ3) is 2.59. The maximum atomic E-state index is 13.6. The second kappa shape index (κ2) is 7.00. The van der Waals surface area contributed by atoms with E-state index in [0.717, 1.165) is 58.1 Å². The number of para-hydroxylation sites is 1. The Morgan fingerprint density at radius 1 is 0.969 bits per heavy atom. The quantitative estimate of drug-likeness (QED) is 0.464. The molecule has 0 unspecified atom stereocenters. The first kappa shape index (κ1) is 18.7. The highest BCUT2D eigenvalue weighted by molar-refractivity contribution is 6.09. The van der Waals surface area contributed by atoms with E-state index in [2.05, 4.69) is 23.2 Å². The van der Waals surface area contributed by atoms with Gasteiger partial charge in [-0.1, -0.05) is 48.9 Å². The Kier molecular flexibility index (Phi) is 4.09. The van der Waals surface area contributed by atoms with E-state index >= 15 is 0 Å². The molecular weight excluding hydrogens is 396 g/mol. The van der Waals surface area contributed by atoms with Crippen LogP contribution in [0, 0.1) is 11.3 Å². The van der Waals surface area contributed by atoms with Crippen LogP contribution in [0.25, 0.3) is 21.9 Å². The Hall–Kier alpha value is -4.04. The molecule has 1 amide bonds. The summed E-state index contributed by atoms with van der Waals surface area (Å²) in [6, 6.07) is 22.0. The predicted octanol–water partition coefficient (Wildman–Crippen LogP) is 5.14. The largest absolute Gasteiger partial charge is 0.305 e. The van der Waals surface area contributed by atoms with Gasteiger partial charge in [-0.05, 0) is 42.0 Å². The number of anilines is 1. The van der Waals surface area contributed by atoms with Crippen molar-refractivity contribution >= 4 is 22.4 Å². The lowest BCUT2D eigenvalue weighted by molar-refractivity contribution is -0.126. The molecule has 0 bridgehead atoms. The normalized spacial score (nSPS) is 16.1. The van der Waals surface area contributed by atoms with Gasteiger partial charge in [0, 0.05) is 34.6 Å². The van der Waals surface area contributed by atoms with Crippen LogP contribution in [0.4, 0.5) is 5.69 Å². The highest BCUT2D eigenvalue weighted by Gasteiger charge is 2.54. The molecule has 1 spiro atoms. The van der Waals surface area contributed by atoms with Crippen LogP contribution in [0.2, 0.25) is 0 Å². The minimum Gasteiger partial charge on any atom is -0.305 e. The molecule has 154 valence electrons. The number of benzene rings is 2. The Balaban J connectivity index is 1.50. The molecule has 0 radical (unpaired) electrons. The van der Waals surface area contributed by atoms with Gasteiger partial charge in [-0.3, -0.25) is 9.78 Å². The van der Waals surface area contributed by atoms with Crippen molar-refractivity contribution in [1.82, 2.24) is 9.97 Å². The highest BCUT2D eigenvalue weighted by atomic mass is 16.2. The maximum Gasteiger partial charge on any atom is 0.238 e. The van der Waals surface area contributed by atoms with E-state index in [9.17, 15) is 4.79 Å². The fraction of sp³-hybridized carbons (Fsp3) is 0.185. The van der Waals surface area contributed by atoms with Crippen LogP contribution in [-0.2, 0) is 16.8 Å². The average Bonchev–Trinajstić information content (AvgIpc) is 3.07. The van der Waals surface area contributed by atoms with Crippen LogP contribution >= 0.6 is 0 Å². The fourth-order valence-corrected chi connectivity index (χ4v) is 5.17. The summed E-state index contributed by atoms with van der Waals surface area (Å²) in [5.74, 6) is 0.184. The highest BCUT2D eigenvalue weighted by Crippen LogP contribution is 2.53. The molecule has 1 fully saturated rings. The molecule has 5 nitrogen and oxygen atoms in total. The van der Waals surface area contributed by atoms with Crippen LogP contribution in [0.5, 0.6) is 0 Å². The minimum atomic E-state index is -0.358. The fourth-order valence-electron chi connectivity index (χ4n) is 5.17. The number of hydrogen-bond donors (Lipinski definition) is 0. The number of pyridine rings is 2. The Bertz CT molecular complexity index is 1410. The second-order valence-corrected chi connectivity index (χ2v) is 8.56. The van der Waals surface area contributed by atoms with Gasteiger partial charge < -0.3 is 4.90 Å². The van der Waals surface area contributed by atoms with Crippen molar-refractivity contribution in [1.29, 1.82) is 5.26 Å². The number of rotatable bonds is 3. The van der Waals surface area contributed by atoms with Crippen molar-refractivity contribution in [3.8, 4) is 17.2 Å². The van der Waals surface area contributed by atoms with E-state index < -0.39 is 0 Å². The van der Waals surface area contributed by atoms with Gasteiger partial charge in [-0.15, -0.1) is 0 Å². The number of carbonyl (C=O) groups excluding carboxylic acids is 1. The van der Waals surface area contributed by atoms with Gasteiger partial charge in [-0.2, -0.15) is 5.26 Å². The first-order valence-electron chi connectivity index (χ1n) is 10.9. The Morgan fingerprint density at radius 2 is 1.78 bits per heavy atom. The first-order chi connectivity index (χ1) is 15.7. The van der Waals surface area contributed by atoms with Crippen molar-refractivity contribution < 1.29 is 4.79 Å². The molecule has 2 aliphatic rings. The molecule has 4 aromatic rings. The van der Waals surface area contributed by atoms with Crippen molar-refractivity contribution in [3.63, 3.8) is 0 Å². The van der Waals surface area contributed by atoms with Gasteiger partial charge >= 0.3 is 0 Å². The zero-order valence-electron chi connectivity index (χ0n) is 17.5. The molecule has 2 aromatic heterocycles. The van der Waals surface area contributed by atoms with Crippen LogP contribution in [0.1, 0.15) is 36.2 Å². The third-order valence-electron chi connectivity index (χ3n) is 6.92. The number of hydrogen-bond acceptors (Lipinski definition) is 4. The lowest BCUT2D eigenvalue weighted by Crippen LogP contribution is -2.45. The molecule has 3 heterocycles. The van der Waals surface area contributed by atoms with Gasteiger partial charge in [0.2, 0.25) is 5.91 Å². The summed E-state index contributed by atoms with van der Waals surface area (Å²) >= 11 is 0. The van der Waals surface area contributed by atoms with E-state index in [1.807, 2.05) is 53.6 Å². The van der Waals surface area contributed by atoms with Crippen LogP contribution in [0.3, 0.4) is 0 Å². The molecule has 1 aliphatic heterocycles. The molecule has 0 atom stereocenters. The summed E-state index contributed by atoms with van der Waals surface area (Å²) in [7, 11) is 0. The predicted molar refractivity (Wildman–Crippen MR) is 123 cm³/mol. The summed E-state index contributed by atoms with van der Waals surface area (Å²) < 4.78 is 0. The number of aromatic nitrogens is 2. The molecule has 0 N–H and O–H groups in total. The Morgan fingerprint density at radius 3 is 2.53 bits per heavy atom. The van der Waals surface area contributed by atoms with E-state index in [4.69, 9.17) is 10.2 Å². The Labute approximate surface area is 186 Å². The number of fused-ring (bicyclic) bond motifs is 3. The monoisotopic (exact) mass is 416 g/mol. The van der Waals surface area contributed by atoms with Gasteiger partial charge in [-0.25, -0.2) is 4.98 Å². The van der Waals surface area contributed by atoms with E-state index in [1.165, 1.54) is 0 Å². The number of carbonyl (C=O) groups is 1. The minimum absolute atomic E-state index is 0.184. The van der Waals surface area contributed by atoms with E-state index in [-0.39, 0.29) is 11.3 Å². The summed E-state index contributed by atoms with van der Waals surface area (Å²) in [4.78, 5) is 24.6. The van der Waals surface area contributed by atoms with Crippen molar-refractivity contribution in [2.75, 3.05) is 4.90 Å². The molecule has 5 heteroatoms. The molecule has 6 rings (SSSR count). The molecule has 2 aromatic carbocycles. The molecule has 32 heavy (non-hydrogen) atoms. The molecule has 1 aliphatic carbocycles. The molecule has 0 saturated heterocycles. The second-order valence-electron chi connectivity index (χ2n) is 8.56. The van der Waals surface area contributed by atoms with Crippen molar-refractivity contribution in [3.05, 3.63) is 90.0 Å². The zero-order chi connectivity index (χ0) is 21.7. The lowest BCUT2D eigenvalue weighted by Gasteiger charge is -2.37. The van der Waals surface area contributed by atoms with Crippen LogP contribution in [-0.4, -0.2) is 15.9 Å². The SMILES string of the molecule is N#Cc1ccc(-c2c(CN3C(=O)C4(CCC4)c4ccccc43)ncc3ccccc23)cn1. The maximum absolute atomic E-state index is 13.6. The van der Waals surface area contributed by atoms with Gasteiger partial charge in [0.1, 0.15) is 11.8 Å². The van der Waals surface area contributed by atoms with Crippen molar-refractivity contribution in [2.45, 2.75) is 31.2 Å².